The highest BCUT2D eigenvalue weighted by Gasteiger charge is 2.20. The van der Waals surface area contributed by atoms with Crippen molar-refractivity contribution in [2.24, 2.45) is 5.92 Å². The van der Waals surface area contributed by atoms with Gasteiger partial charge in [-0.15, -0.1) is 0 Å². The Balaban J connectivity index is 1.81. The van der Waals surface area contributed by atoms with E-state index in [1.807, 2.05) is 19.2 Å². The van der Waals surface area contributed by atoms with E-state index in [0.29, 0.717) is 6.61 Å². The highest BCUT2D eigenvalue weighted by atomic mass is 35.5. The van der Waals surface area contributed by atoms with Crippen molar-refractivity contribution in [2.75, 3.05) is 24.6 Å². The van der Waals surface area contributed by atoms with Crippen LogP contribution in [-0.4, -0.2) is 29.8 Å². The fraction of sp³-hybridized carbons (Fsp3) is 0.500. The molecule has 0 radical (unpaired) electrons. The van der Waals surface area contributed by atoms with Crippen molar-refractivity contribution in [1.82, 2.24) is 4.98 Å². The molecule has 4 heteroatoms. The van der Waals surface area contributed by atoms with Gasteiger partial charge < -0.3 is 10.0 Å². The van der Waals surface area contributed by atoms with Crippen LogP contribution in [0.25, 0.3) is 10.9 Å². The Kier molecular flexibility index (Phi) is 4.84. The maximum absolute atomic E-state index is 8.97. The van der Waals surface area contributed by atoms with Crippen LogP contribution >= 0.6 is 11.6 Å². The highest BCUT2D eigenvalue weighted by Crippen LogP contribution is 2.32. The average Bonchev–Trinajstić information content (AvgIpc) is 2.54. The van der Waals surface area contributed by atoms with E-state index in [1.165, 1.54) is 23.9 Å². The van der Waals surface area contributed by atoms with Crippen LogP contribution in [0.3, 0.4) is 0 Å². The van der Waals surface area contributed by atoms with Gasteiger partial charge in [0.05, 0.1) is 5.52 Å². The van der Waals surface area contributed by atoms with Crippen molar-refractivity contribution in [3.05, 3.63) is 35.0 Å². The monoisotopic (exact) mass is 318 g/mol. The molecular weight excluding hydrogens is 296 g/mol. The molecule has 1 fully saturated rings. The molecule has 1 aromatic carbocycles. The molecule has 0 aliphatic carbocycles. The molecule has 3 nitrogen and oxygen atoms in total. The van der Waals surface area contributed by atoms with Crippen molar-refractivity contribution >= 4 is 28.2 Å². The number of rotatable bonds is 4. The Labute approximate surface area is 136 Å². The molecule has 1 aliphatic heterocycles. The highest BCUT2D eigenvalue weighted by molar-refractivity contribution is 6.32. The summed E-state index contributed by atoms with van der Waals surface area (Å²) >= 11 is 6.22. The molecule has 1 aliphatic rings. The van der Waals surface area contributed by atoms with E-state index < -0.39 is 0 Å². The second kappa shape index (κ2) is 6.84. The normalized spacial score (nSPS) is 16.4. The van der Waals surface area contributed by atoms with E-state index in [4.69, 9.17) is 16.7 Å². The van der Waals surface area contributed by atoms with E-state index in [2.05, 4.69) is 22.0 Å². The van der Waals surface area contributed by atoms with Crippen molar-refractivity contribution in [3.8, 4) is 0 Å². The molecule has 3 rings (SSSR count). The van der Waals surface area contributed by atoms with Crippen molar-refractivity contribution in [2.45, 2.75) is 32.6 Å². The number of aliphatic hydroxyl groups is 1. The number of fused-ring (bicyclic) bond motifs is 1. The standard InChI is InChI=1S/C18H23ClN2O/c1-13-11-15-17(12-16(13)19)20-7-4-18(15)21-8-5-14(6-9-21)3-2-10-22/h4,7,11-12,14,22H,2-3,5-6,8-10H2,1H3. The Morgan fingerprint density at radius 2 is 2.09 bits per heavy atom. The number of piperidine rings is 1. The van der Waals surface area contributed by atoms with Crippen LogP contribution < -0.4 is 4.90 Å². The molecule has 0 saturated carbocycles. The van der Waals surface area contributed by atoms with Gasteiger partial charge in [-0.1, -0.05) is 11.6 Å². The maximum Gasteiger partial charge on any atom is 0.0737 e. The molecular formula is C18H23ClN2O. The summed E-state index contributed by atoms with van der Waals surface area (Å²) in [5.74, 6) is 0.757. The molecule has 1 N–H and O–H groups in total. The first-order valence-corrected chi connectivity index (χ1v) is 8.47. The third-order valence-corrected chi connectivity index (χ3v) is 5.13. The van der Waals surface area contributed by atoms with Crippen LogP contribution in [0.5, 0.6) is 0 Å². The minimum Gasteiger partial charge on any atom is -0.396 e. The second-order valence-corrected chi connectivity index (χ2v) is 6.65. The smallest absolute Gasteiger partial charge is 0.0737 e. The maximum atomic E-state index is 8.97. The number of anilines is 1. The van der Waals surface area contributed by atoms with Crippen LogP contribution in [0.15, 0.2) is 24.4 Å². The summed E-state index contributed by atoms with van der Waals surface area (Å²) in [6, 6.07) is 6.23. The number of hydrogen-bond donors (Lipinski definition) is 1. The predicted octanol–water partition coefficient (Wildman–Crippen LogP) is 4.19. The number of aliphatic hydroxyl groups excluding tert-OH is 1. The van der Waals surface area contributed by atoms with E-state index in [0.717, 1.165) is 48.0 Å². The van der Waals surface area contributed by atoms with Crippen molar-refractivity contribution in [3.63, 3.8) is 0 Å². The Morgan fingerprint density at radius 3 is 2.82 bits per heavy atom. The van der Waals surface area contributed by atoms with Gasteiger partial charge in [-0.25, -0.2) is 0 Å². The molecule has 0 atom stereocenters. The first-order chi connectivity index (χ1) is 10.7. The zero-order valence-electron chi connectivity index (χ0n) is 13.1. The van der Waals surface area contributed by atoms with Gasteiger partial charge in [-0.3, -0.25) is 4.98 Å². The Morgan fingerprint density at radius 1 is 1.32 bits per heavy atom. The van der Waals surface area contributed by atoms with Crippen molar-refractivity contribution < 1.29 is 5.11 Å². The van der Waals surface area contributed by atoms with Crippen LogP contribution in [0.1, 0.15) is 31.2 Å². The molecule has 118 valence electrons. The number of aryl methyl sites for hydroxylation is 1. The van der Waals surface area contributed by atoms with E-state index in [-0.39, 0.29) is 0 Å². The summed E-state index contributed by atoms with van der Waals surface area (Å²) < 4.78 is 0. The van der Waals surface area contributed by atoms with Gasteiger partial charge in [0.15, 0.2) is 0 Å². The van der Waals surface area contributed by atoms with Gasteiger partial charge in [-0.05, 0) is 62.3 Å². The van der Waals surface area contributed by atoms with Gasteiger partial charge in [0, 0.05) is 42.0 Å². The lowest BCUT2D eigenvalue weighted by atomic mass is 9.92. The predicted molar refractivity (Wildman–Crippen MR) is 92.7 cm³/mol. The summed E-state index contributed by atoms with van der Waals surface area (Å²) in [6.07, 6.45) is 6.37. The van der Waals surface area contributed by atoms with Crippen LogP contribution in [-0.2, 0) is 0 Å². The number of hydrogen-bond acceptors (Lipinski definition) is 3. The second-order valence-electron chi connectivity index (χ2n) is 6.24. The number of nitrogens with zero attached hydrogens (tertiary/aromatic N) is 2. The topological polar surface area (TPSA) is 36.4 Å². The zero-order chi connectivity index (χ0) is 15.5. The number of benzene rings is 1. The average molecular weight is 319 g/mol. The van der Waals surface area contributed by atoms with Crippen LogP contribution in [0.2, 0.25) is 5.02 Å². The Bertz CT molecular complexity index is 651. The minimum absolute atomic E-state index is 0.315. The van der Waals surface area contributed by atoms with Gasteiger partial charge in [0.25, 0.3) is 0 Å². The largest absolute Gasteiger partial charge is 0.396 e. The summed E-state index contributed by atoms with van der Waals surface area (Å²) in [7, 11) is 0. The molecule has 2 aromatic rings. The lowest BCUT2D eigenvalue weighted by Crippen LogP contribution is -2.33. The fourth-order valence-electron chi connectivity index (χ4n) is 3.38. The number of aromatic nitrogens is 1. The first kappa shape index (κ1) is 15.6. The molecule has 0 bridgehead atoms. The van der Waals surface area contributed by atoms with E-state index in [9.17, 15) is 0 Å². The van der Waals surface area contributed by atoms with E-state index in [1.54, 1.807) is 0 Å². The Hall–Kier alpha value is -1.32. The quantitative estimate of drug-likeness (QED) is 0.918. The van der Waals surface area contributed by atoms with Gasteiger partial charge in [-0.2, -0.15) is 0 Å². The summed E-state index contributed by atoms with van der Waals surface area (Å²) in [4.78, 5) is 6.92. The molecule has 1 saturated heterocycles. The summed E-state index contributed by atoms with van der Waals surface area (Å²) in [5.41, 5.74) is 3.34. The lowest BCUT2D eigenvalue weighted by Gasteiger charge is -2.34. The SMILES string of the molecule is Cc1cc2c(N3CCC(CCCO)CC3)ccnc2cc1Cl. The molecule has 0 spiro atoms. The molecule has 0 amide bonds. The first-order valence-electron chi connectivity index (χ1n) is 8.09. The third kappa shape index (κ3) is 3.21. The lowest BCUT2D eigenvalue weighted by molar-refractivity contribution is 0.261. The summed E-state index contributed by atoms with van der Waals surface area (Å²) in [5, 5.41) is 10.9. The number of halogens is 1. The van der Waals surface area contributed by atoms with Gasteiger partial charge in [0.1, 0.15) is 0 Å². The minimum atomic E-state index is 0.315. The fourth-order valence-corrected chi connectivity index (χ4v) is 3.54. The van der Waals surface area contributed by atoms with Crippen LogP contribution in [0, 0.1) is 12.8 Å². The molecule has 2 heterocycles. The zero-order valence-corrected chi connectivity index (χ0v) is 13.8. The number of pyridine rings is 1. The van der Waals surface area contributed by atoms with Crippen molar-refractivity contribution in [1.29, 1.82) is 0 Å². The van der Waals surface area contributed by atoms with Crippen LogP contribution in [0.4, 0.5) is 5.69 Å². The molecule has 22 heavy (non-hydrogen) atoms. The molecule has 1 aromatic heterocycles. The van der Waals surface area contributed by atoms with Gasteiger partial charge in [0.2, 0.25) is 0 Å². The molecule has 0 unspecified atom stereocenters. The van der Waals surface area contributed by atoms with Gasteiger partial charge >= 0.3 is 0 Å². The third-order valence-electron chi connectivity index (χ3n) is 4.72. The van der Waals surface area contributed by atoms with E-state index >= 15 is 0 Å². The summed E-state index contributed by atoms with van der Waals surface area (Å²) in [6.45, 7) is 4.52.